The highest BCUT2D eigenvalue weighted by atomic mass is 35.5. The summed E-state index contributed by atoms with van der Waals surface area (Å²) in [6, 6.07) is 10.8. The minimum Gasteiger partial charge on any atom is -0.457 e. The van der Waals surface area contributed by atoms with Crippen molar-refractivity contribution in [2.45, 2.75) is 6.61 Å². The number of nitro groups is 1. The van der Waals surface area contributed by atoms with Crippen LogP contribution in [0, 0.1) is 10.1 Å². The summed E-state index contributed by atoms with van der Waals surface area (Å²) < 4.78 is 5.55. The van der Waals surface area contributed by atoms with Crippen LogP contribution in [0.5, 0.6) is 11.5 Å². The van der Waals surface area contributed by atoms with Gasteiger partial charge in [0.2, 0.25) is 0 Å². The van der Waals surface area contributed by atoms with Crippen LogP contribution >= 0.6 is 11.6 Å². The Morgan fingerprint density at radius 3 is 2.68 bits per heavy atom. The third-order valence-electron chi connectivity index (χ3n) is 2.45. The standard InChI is InChI=1S/C13H10ClNO4/c14-10-2-1-3-12(7-10)19-13-5-4-11(15(17)18)6-9(13)8-16/h1-7,16H,8H2. The van der Waals surface area contributed by atoms with E-state index in [0.717, 1.165) is 0 Å². The van der Waals surface area contributed by atoms with Crippen molar-refractivity contribution >= 4 is 17.3 Å². The van der Waals surface area contributed by atoms with Crippen LogP contribution in [-0.4, -0.2) is 10.0 Å². The monoisotopic (exact) mass is 279 g/mol. The predicted octanol–water partition coefficient (Wildman–Crippen LogP) is 3.53. The van der Waals surface area contributed by atoms with E-state index in [0.29, 0.717) is 22.1 Å². The largest absolute Gasteiger partial charge is 0.457 e. The van der Waals surface area contributed by atoms with Gasteiger partial charge in [0, 0.05) is 22.7 Å². The van der Waals surface area contributed by atoms with E-state index in [1.54, 1.807) is 24.3 Å². The molecule has 0 saturated heterocycles. The second-order valence-corrected chi connectivity index (χ2v) is 4.20. The van der Waals surface area contributed by atoms with Crippen molar-refractivity contribution in [1.29, 1.82) is 0 Å². The van der Waals surface area contributed by atoms with Crippen LogP contribution in [0.2, 0.25) is 5.02 Å². The van der Waals surface area contributed by atoms with Gasteiger partial charge in [-0.15, -0.1) is 0 Å². The number of benzene rings is 2. The van der Waals surface area contributed by atoms with E-state index >= 15 is 0 Å². The molecular formula is C13H10ClNO4. The summed E-state index contributed by atoms with van der Waals surface area (Å²) in [5.41, 5.74) is 0.247. The summed E-state index contributed by atoms with van der Waals surface area (Å²) in [5.74, 6) is 0.853. The van der Waals surface area contributed by atoms with Gasteiger partial charge in [0.25, 0.3) is 5.69 Å². The smallest absolute Gasteiger partial charge is 0.270 e. The Hall–Kier alpha value is -2.11. The Labute approximate surface area is 114 Å². The van der Waals surface area contributed by atoms with Crippen molar-refractivity contribution in [1.82, 2.24) is 0 Å². The van der Waals surface area contributed by atoms with Crippen LogP contribution < -0.4 is 4.74 Å². The molecule has 5 nitrogen and oxygen atoms in total. The van der Waals surface area contributed by atoms with Gasteiger partial charge in [-0.1, -0.05) is 17.7 Å². The zero-order valence-electron chi connectivity index (χ0n) is 9.75. The summed E-state index contributed by atoms with van der Waals surface area (Å²) in [6.07, 6.45) is 0. The number of non-ortho nitro benzene ring substituents is 1. The van der Waals surface area contributed by atoms with Gasteiger partial charge in [-0.3, -0.25) is 10.1 Å². The molecule has 0 aromatic heterocycles. The van der Waals surface area contributed by atoms with Crippen molar-refractivity contribution in [3.8, 4) is 11.5 Å². The summed E-state index contributed by atoms with van der Waals surface area (Å²) in [6.45, 7) is -0.350. The third kappa shape index (κ3) is 3.21. The molecule has 2 aromatic carbocycles. The fraction of sp³-hybridized carbons (Fsp3) is 0.0769. The molecule has 0 amide bonds. The molecule has 0 aliphatic rings. The van der Waals surface area contributed by atoms with Gasteiger partial charge in [-0.05, 0) is 24.3 Å². The molecular weight excluding hydrogens is 270 g/mol. The molecule has 0 spiro atoms. The summed E-state index contributed by atoms with van der Waals surface area (Å²) in [4.78, 5) is 10.1. The second kappa shape index (κ2) is 5.69. The summed E-state index contributed by atoms with van der Waals surface area (Å²) in [7, 11) is 0. The molecule has 0 heterocycles. The molecule has 2 aromatic rings. The number of nitrogens with zero attached hydrogens (tertiary/aromatic N) is 1. The zero-order chi connectivity index (χ0) is 13.8. The lowest BCUT2D eigenvalue weighted by atomic mass is 10.2. The molecule has 98 valence electrons. The first-order valence-corrected chi connectivity index (χ1v) is 5.79. The van der Waals surface area contributed by atoms with Crippen molar-refractivity contribution in [3.63, 3.8) is 0 Å². The molecule has 0 atom stereocenters. The van der Waals surface area contributed by atoms with Gasteiger partial charge in [0.15, 0.2) is 0 Å². The van der Waals surface area contributed by atoms with Gasteiger partial charge in [-0.25, -0.2) is 0 Å². The summed E-state index contributed by atoms with van der Waals surface area (Å²) >= 11 is 5.83. The van der Waals surface area contributed by atoms with Crippen LogP contribution in [0.4, 0.5) is 5.69 Å². The lowest BCUT2D eigenvalue weighted by molar-refractivity contribution is -0.385. The SMILES string of the molecule is O=[N+]([O-])c1ccc(Oc2cccc(Cl)c2)c(CO)c1. The van der Waals surface area contributed by atoms with Gasteiger partial charge in [0.1, 0.15) is 11.5 Å². The average Bonchev–Trinajstić information content (AvgIpc) is 2.39. The number of hydrogen-bond acceptors (Lipinski definition) is 4. The first kappa shape index (κ1) is 13.3. The number of hydrogen-bond donors (Lipinski definition) is 1. The Morgan fingerprint density at radius 2 is 2.05 bits per heavy atom. The fourth-order valence-corrected chi connectivity index (χ4v) is 1.74. The van der Waals surface area contributed by atoms with Gasteiger partial charge in [0.05, 0.1) is 11.5 Å². The lowest BCUT2D eigenvalue weighted by Gasteiger charge is -2.09. The maximum Gasteiger partial charge on any atom is 0.270 e. The van der Waals surface area contributed by atoms with Crippen LogP contribution in [0.15, 0.2) is 42.5 Å². The zero-order valence-corrected chi connectivity index (χ0v) is 10.5. The Bertz CT molecular complexity index is 615. The number of ether oxygens (including phenoxy) is 1. The van der Waals surface area contributed by atoms with E-state index in [4.69, 9.17) is 16.3 Å². The Kier molecular flexibility index (Phi) is 3.99. The minimum atomic E-state index is -0.525. The van der Waals surface area contributed by atoms with E-state index < -0.39 is 4.92 Å². The molecule has 0 unspecified atom stereocenters. The van der Waals surface area contributed by atoms with Gasteiger partial charge >= 0.3 is 0 Å². The molecule has 6 heteroatoms. The highest BCUT2D eigenvalue weighted by Crippen LogP contribution is 2.29. The van der Waals surface area contributed by atoms with Crippen molar-refractivity contribution in [3.05, 3.63) is 63.2 Å². The van der Waals surface area contributed by atoms with Crippen LogP contribution in [0.25, 0.3) is 0 Å². The first-order valence-electron chi connectivity index (χ1n) is 5.42. The number of nitro benzene ring substituents is 1. The Morgan fingerprint density at radius 1 is 1.26 bits per heavy atom. The van der Waals surface area contributed by atoms with E-state index in [9.17, 15) is 15.2 Å². The quantitative estimate of drug-likeness (QED) is 0.686. The van der Waals surface area contributed by atoms with Crippen LogP contribution in [0.3, 0.4) is 0 Å². The number of aliphatic hydroxyl groups is 1. The van der Waals surface area contributed by atoms with E-state index in [2.05, 4.69) is 0 Å². The number of halogens is 1. The molecule has 1 N–H and O–H groups in total. The van der Waals surface area contributed by atoms with Crippen LogP contribution in [-0.2, 0) is 6.61 Å². The maximum absolute atomic E-state index is 10.6. The van der Waals surface area contributed by atoms with E-state index in [-0.39, 0.29) is 12.3 Å². The van der Waals surface area contributed by atoms with Crippen molar-refractivity contribution in [2.75, 3.05) is 0 Å². The maximum atomic E-state index is 10.6. The molecule has 19 heavy (non-hydrogen) atoms. The molecule has 0 bridgehead atoms. The fourth-order valence-electron chi connectivity index (χ4n) is 1.56. The number of rotatable bonds is 4. The Balaban J connectivity index is 2.32. The highest BCUT2D eigenvalue weighted by Gasteiger charge is 2.11. The molecule has 0 aliphatic heterocycles. The highest BCUT2D eigenvalue weighted by molar-refractivity contribution is 6.30. The second-order valence-electron chi connectivity index (χ2n) is 3.77. The first-order chi connectivity index (χ1) is 9.10. The molecule has 0 fully saturated rings. The molecule has 0 radical (unpaired) electrons. The van der Waals surface area contributed by atoms with Gasteiger partial charge < -0.3 is 9.84 Å². The third-order valence-corrected chi connectivity index (χ3v) is 2.68. The van der Waals surface area contributed by atoms with E-state index in [1.165, 1.54) is 18.2 Å². The minimum absolute atomic E-state index is 0.0949. The van der Waals surface area contributed by atoms with E-state index in [1.807, 2.05) is 0 Å². The molecule has 0 saturated carbocycles. The molecule has 0 aliphatic carbocycles. The normalized spacial score (nSPS) is 10.2. The van der Waals surface area contributed by atoms with Gasteiger partial charge in [-0.2, -0.15) is 0 Å². The average molecular weight is 280 g/mol. The molecule has 2 rings (SSSR count). The number of aliphatic hydroxyl groups excluding tert-OH is 1. The van der Waals surface area contributed by atoms with Crippen molar-refractivity contribution in [2.24, 2.45) is 0 Å². The predicted molar refractivity (Wildman–Crippen MR) is 70.5 cm³/mol. The van der Waals surface area contributed by atoms with Crippen LogP contribution in [0.1, 0.15) is 5.56 Å². The van der Waals surface area contributed by atoms with Crippen molar-refractivity contribution < 1.29 is 14.8 Å². The lowest BCUT2D eigenvalue weighted by Crippen LogP contribution is -1.95. The topological polar surface area (TPSA) is 72.6 Å². The summed E-state index contributed by atoms with van der Waals surface area (Å²) in [5, 5.41) is 20.4.